The molecule has 1 atom stereocenters. The number of methoxy groups -OCH3 is 1. The number of carbonyl (C=O) groups is 1. The maximum absolute atomic E-state index is 11.6. The Morgan fingerprint density at radius 1 is 1.50 bits per heavy atom. The lowest BCUT2D eigenvalue weighted by Crippen LogP contribution is -2.43. The molecule has 1 rings (SSSR count). The normalized spacial score (nSPS) is 19.8. The van der Waals surface area contributed by atoms with E-state index in [1.165, 1.54) is 0 Å². The number of likely N-dealkylation sites (tertiary alicyclic amines) is 1. The Hall–Kier alpha value is -0.610. The van der Waals surface area contributed by atoms with Gasteiger partial charge in [-0.15, -0.1) is 0 Å². The van der Waals surface area contributed by atoms with Crippen LogP contribution in [-0.4, -0.2) is 51.2 Å². The van der Waals surface area contributed by atoms with Crippen molar-refractivity contribution in [2.45, 2.75) is 19.8 Å². The summed E-state index contributed by atoms with van der Waals surface area (Å²) in [4.78, 5) is 13.6. The van der Waals surface area contributed by atoms with Gasteiger partial charge in [0, 0.05) is 26.8 Å². The fourth-order valence-electron chi connectivity index (χ4n) is 2.38. The molecule has 1 aliphatic rings. The van der Waals surface area contributed by atoms with Gasteiger partial charge in [0.1, 0.15) is 0 Å². The molecule has 0 bridgehead atoms. The molecule has 0 aromatic rings. The highest BCUT2D eigenvalue weighted by Crippen LogP contribution is 2.24. The van der Waals surface area contributed by atoms with Gasteiger partial charge in [0.15, 0.2) is 0 Å². The first-order chi connectivity index (χ1) is 7.69. The summed E-state index contributed by atoms with van der Waals surface area (Å²) in [6, 6.07) is 0. The molecular formula is C12H24N2O2. The van der Waals surface area contributed by atoms with E-state index in [1.807, 2.05) is 11.9 Å². The van der Waals surface area contributed by atoms with Gasteiger partial charge in [-0.1, -0.05) is 6.92 Å². The molecule has 0 aromatic heterocycles. The third-order valence-corrected chi connectivity index (χ3v) is 3.45. The van der Waals surface area contributed by atoms with Crippen LogP contribution >= 0.6 is 0 Å². The van der Waals surface area contributed by atoms with E-state index in [0.29, 0.717) is 18.4 Å². The first-order valence-electron chi connectivity index (χ1n) is 6.10. The van der Waals surface area contributed by atoms with E-state index in [0.717, 1.165) is 32.5 Å². The van der Waals surface area contributed by atoms with E-state index in [4.69, 9.17) is 4.74 Å². The largest absolute Gasteiger partial charge is 0.384 e. The summed E-state index contributed by atoms with van der Waals surface area (Å²) >= 11 is 0. The van der Waals surface area contributed by atoms with Crippen LogP contribution in [0.5, 0.6) is 0 Å². The zero-order valence-corrected chi connectivity index (χ0v) is 10.7. The predicted octanol–water partition coefficient (Wildman–Crippen LogP) is 0.727. The topological polar surface area (TPSA) is 41.6 Å². The lowest BCUT2D eigenvalue weighted by Gasteiger charge is -2.34. The van der Waals surface area contributed by atoms with Crippen LogP contribution in [0.25, 0.3) is 0 Å². The van der Waals surface area contributed by atoms with Crippen molar-refractivity contribution in [1.29, 1.82) is 0 Å². The first kappa shape index (κ1) is 13.5. The zero-order valence-electron chi connectivity index (χ0n) is 10.7. The molecule has 1 heterocycles. The Bertz CT molecular complexity index is 213. The molecule has 0 unspecified atom stereocenters. The maximum atomic E-state index is 11.6. The number of amides is 1. The lowest BCUT2D eigenvalue weighted by molar-refractivity contribution is -0.131. The van der Waals surface area contributed by atoms with Gasteiger partial charge < -0.3 is 15.0 Å². The fourth-order valence-corrected chi connectivity index (χ4v) is 2.38. The number of nitrogens with zero attached hydrogens (tertiary/aromatic N) is 1. The summed E-state index contributed by atoms with van der Waals surface area (Å²) in [6.07, 6.45) is 2.22. The van der Waals surface area contributed by atoms with Crippen molar-refractivity contribution in [1.82, 2.24) is 10.2 Å². The first-order valence-corrected chi connectivity index (χ1v) is 6.10. The second-order valence-electron chi connectivity index (χ2n) is 4.68. The van der Waals surface area contributed by atoms with Gasteiger partial charge in [0.25, 0.3) is 0 Å². The molecule has 0 spiro atoms. The Morgan fingerprint density at radius 2 is 2.12 bits per heavy atom. The van der Waals surface area contributed by atoms with Gasteiger partial charge in [-0.25, -0.2) is 0 Å². The smallest absolute Gasteiger partial charge is 0.236 e. The molecule has 1 saturated heterocycles. The summed E-state index contributed by atoms with van der Waals surface area (Å²) < 4.78 is 5.18. The molecule has 4 heteroatoms. The van der Waals surface area contributed by atoms with E-state index >= 15 is 0 Å². The number of rotatable bonds is 5. The van der Waals surface area contributed by atoms with Crippen LogP contribution < -0.4 is 5.32 Å². The van der Waals surface area contributed by atoms with Gasteiger partial charge >= 0.3 is 0 Å². The summed E-state index contributed by atoms with van der Waals surface area (Å²) in [5, 5.41) is 2.91. The van der Waals surface area contributed by atoms with Gasteiger partial charge in [0.05, 0.1) is 6.54 Å². The van der Waals surface area contributed by atoms with Gasteiger partial charge in [-0.05, 0) is 31.7 Å². The Balaban J connectivity index is 2.30. The number of carbonyl (C=O) groups excluding carboxylic acids is 1. The van der Waals surface area contributed by atoms with Crippen LogP contribution in [0.15, 0.2) is 0 Å². The quantitative estimate of drug-likeness (QED) is 0.754. The van der Waals surface area contributed by atoms with E-state index in [1.54, 1.807) is 7.11 Å². The molecule has 0 saturated carbocycles. The molecule has 1 fully saturated rings. The van der Waals surface area contributed by atoms with Crippen LogP contribution in [0.1, 0.15) is 19.8 Å². The Kier molecular flexibility index (Phi) is 5.77. The summed E-state index contributed by atoms with van der Waals surface area (Å²) in [6.45, 7) is 5.32. The molecule has 1 N–H and O–H groups in total. The Morgan fingerprint density at radius 3 is 2.62 bits per heavy atom. The van der Waals surface area contributed by atoms with Gasteiger partial charge in [-0.3, -0.25) is 4.79 Å². The summed E-state index contributed by atoms with van der Waals surface area (Å²) in [5.41, 5.74) is 0. The monoisotopic (exact) mass is 228 g/mol. The number of piperidine rings is 1. The number of hydrogen-bond donors (Lipinski definition) is 1. The Labute approximate surface area is 98.3 Å². The highest BCUT2D eigenvalue weighted by molar-refractivity contribution is 5.78. The fraction of sp³-hybridized carbons (Fsp3) is 0.917. The van der Waals surface area contributed by atoms with Crippen molar-refractivity contribution in [3.05, 3.63) is 0 Å². The van der Waals surface area contributed by atoms with Crippen molar-refractivity contribution < 1.29 is 9.53 Å². The van der Waals surface area contributed by atoms with E-state index in [9.17, 15) is 4.79 Å². The number of hydrogen-bond acceptors (Lipinski definition) is 3. The molecular weight excluding hydrogens is 204 g/mol. The van der Waals surface area contributed by atoms with E-state index in [2.05, 4.69) is 12.2 Å². The molecule has 1 amide bonds. The predicted molar refractivity (Wildman–Crippen MR) is 64.3 cm³/mol. The average Bonchev–Trinajstić information content (AvgIpc) is 2.30. The van der Waals surface area contributed by atoms with Crippen molar-refractivity contribution in [3.63, 3.8) is 0 Å². The second kappa shape index (κ2) is 6.86. The van der Waals surface area contributed by atoms with E-state index in [-0.39, 0.29) is 5.91 Å². The highest BCUT2D eigenvalue weighted by Gasteiger charge is 2.25. The number of likely N-dealkylation sites (N-methyl/N-ethyl adjacent to an activating group) is 1. The molecule has 4 nitrogen and oxygen atoms in total. The SMILES string of the molecule is CNCC(=O)N1CCC([C@H](C)COC)CC1. The minimum atomic E-state index is 0.223. The van der Waals surface area contributed by atoms with Crippen LogP contribution in [0.2, 0.25) is 0 Å². The molecule has 94 valence electrons. The molecule has 0 aliphatic carbocycles. The van der Waals surface area contributed by atoms with Crippen LogP contribution in [0, 0.1) is 11.8 Å². The van der Waals surface area contributed by atoms with Crippen LogP contribution in [0.3, 0.4) is 0 Å². The number of ether oxygens (including phenoxy) is 1. The summed E-state index contributed by atoms with van der Waals surface area (Å²) in [5.74, 6) is 1.53. The van der Waals surface area contributed by atoms with E-state index < -0.39 is 0 Å². The van der Waals surface area contributed by atoms with Crippen molar-refractivity contribution in [2.24, 2.45) is 11.8 Å². The maximum Gasteiger partial charge on any atom is 0.236 e. The van der Waals surface area contributed by atoms with Crippen molar-refractivity contribution in [2.75, 3.05) is 40.4 Å². The van der Waals surface area contributed by atoms with Gasteiger partial charge in [-0.2, -0.15) is 0 Å². The lowest BCUT2D eigenvalue weighted by atomic mass is 9.86. The molecule has 1 aliphatic heterocycles. The standard InChI is InChI=1S/C12H24N2O2/c1-10(9-16-3)11-4-6-14(7-5-11)12(15)8-13-2/h10-11,13H,4-9H2,1-3H3/t10-/m1/s1. The molecule has 0 aromatic carbocycles. The average molecular weight is 228 g/mol. The molecule has 16 heavy (non-hydrogen) atoms. The van der Waals surface area contributed by atoms with Gasteiger partial charge in [0.2, 0.25) is 5.91 Å². The third-order valence-electron chi connectivity index (χ3n) is 3.45. The summed E-state index contributed by atoms with van der Waals surface area (Å²) in [7, 11) is 3.56. The minimum absolute atomic E-state index is 0.223. The van der Waals surface area contributed by atoms with Crippen molar-refractivity contribution >= 4 is 5.91 Å². The van der Waals surface area contributed by atoms with Crippen molar-refractivity contribution in [3.8, 4) is 0 Å². The van der Waals surface area contributed by atoms with Crippen LogP contribution in [0.4, 0.5) is 0 Å². The molecule has 0 radical (unpaired) electrons. The zero-order chi connectivity index (χ0) is 12.0. The highest BCUT2D eigenvalue weighted by atomic mass is 16.5. The number of nitrogens with one attached hydrogen (secondary N) is 1. The van der Waals surface area contributed by atoms with Crippen LogP contribution in [-0.2, 0) is 9.53 Å². The second-order valence-corrected chi connectivity index (χ2v) is 4.68. The third kappa shape index (κ3) is 3.76. The minimum Gasteiger partial charge on any atom is -0.384 e.